The van der Waals surface area contributed by atoms with Gasteiger partial charge in [0, 0.05) is 26.8 Å². The van der Waals surface area contributed by atoms with Gasteiger partial charge in [0.25, 0.3) is 11.6 Å². The van der Waals surface area contributed by atoms with Gasteiger partial charge in [-0.3, -0.25) is 25.0 Å². The van der Waals surface area contributed by atoms with Crippen LogP contribution in [0.5, 0.6) is 11.5 Å². The number of benzene rings is 3. The monoisotopic (exact) mass is 620 g/mol. The average molecular weight is 623 g/mol. The Hall–Kier alpha value is -3.79. The van der Waals surface area contributed by atoms with E-state index < -0.39 is 27.1 Å². The van der Waals surface area contributed by atoms with Crippen LogP contribution in [-0.2, 0) is 4.79 Å². The average Bonchev–Trinajstić information content (AvgIpc) is 2.80. The number of hydrogen-bond acceptors (Lipinski definition) is 7. The predicted molar refractivity (Wildman–Crippen MR) is 135 cm³/mol. The van der Waals surface area contributed by atoms with Crippen LogP contribution >= 0.6 is 43.5 Å². The van der Waals surface area contributed by atoms with E-state index in [1.165, 1.54) is 12.1 Å². The van der Waals surface area contributed by atoms with Crippen molar-refractivity contribution < 1.29 is 19.4 Å². The molecule has 0 saturated heterocycles. The van der Waals surface area contributed by atoms with E-state index in [2.05, 4.69) is 37.2 Å². The second-order valence-electron chi connectivity index (χ2n) is 6.71. The van der Waals surface area contributed by atoms with E-state index in [-0.39, 0.29) is 22.6 Å². The van der Waals surface area contributed by atoms with Crippen LogP contribution in [-0.4, -0.2) is 15.8 Å². The van der Waals surface area contributed by atoms with Gasteiger partial charge in [-0.25, -0.2) is 0 Å². The van der Waals surface area contributed by atoms with E-state index in [1.807, 2.05) is 6.07 Å². The van der Waals surface area contributed by atoms with Crippen molar-refractivity contribution in [2.24, 2.45) is 0 Å². The van der Waals surface area contributed by atoms with Crippen LogP contribution in [0.3, 0.4) is 0 Å². The highest BCUT2D eigenvalue weighted by Gasteiger charge is 2.23. The molecule has 0 aliphatic carbocycles. The number of hydrogen-bond donors (Lipinski definition) is 1. The molecule has 0 atom stereocenters. The molecule has 0 aliphatic heterocycles. The maximum atomic E-state index is 12.7. The Morgan fingerprint density at radius 2 is 1.74 bits per heavy atom. The first kappa shape index (κ1) is 25.8. The lowest BCUT2D eigenvalue weighted by Crippen LogP contribution is -2.13. The summed E-state index contributed by atoms with van der Waals surface area (Å²) in [6.07, 6.45) is 1.24. The molecule has 3 rings (SSSR count). The van der Waals surface area contributed by atoms with Crippen molar-refractivity contribution in [2.45, 2.75) is 0 Å². The number of anilines is 1. The molecule has 0 saturated carbocycles. The molecule has 0 unspecified atom stereocenters. The highest BCUT2D eigenvalue weighted by molar-refractivity contribution is 9.11. The molecule has 0 aliphatic rings. The molecule has 1 N–H and O–H groups in total. The molecule has 0 spiro atoms. The van der Waals surface area contributed by atoms with Crippen LogP contribution in [0.2, 0.25) is 5.02 Å². The van der Waals surface area contributed by atoms with Crippen molar-refractivity contribution in [3.63, 3.8) is 0 Å². The summed E-state index contributed by atoms with van der Waals surface area (Å²) in [5.41, 5.74) is -0.765. The van der Waals surface area contributed by atoms with Crippen molar-refractivity contribution in [1.29, 1.82) is 5.26 Å². The summed E-state index contributed by atoms with van der Waals surface area (Å²) in [6.45, 7) is 0. The third kappa shape index (κ3) is 6.42. The first-order valence-corrected chi connectivity index (χ1v) is 11.3. The van der Waals surface area contributed by atoms with Gasteiger partial charge >= 0.3 is 5.69 Å². The summed E-state index contributed by atoms with van der Waals surface area (Å²) in [7, 11) is 0. The second-order valence-corrected chi connectivity index (χ2v) is 8.91. The van der Waals surface area contributed by atoms with Crippen LogP contribution in [0.1, 0.15) is 5.56 Å². The fraction of sp³-hybridized carbons (Fsp3) is 0. The van der Waals surface area contributed by atoms with E-state index in [0.29, 0.717) is 19.7 Å². The normalized spacial score (nSPS) is 10.9. The van der Waals surface area contributed by atoms with Crippen LogP contribution in [0, 0.1) is 31.6 Å². The summed E-state index contributed by atoms with van der Waals surface area (Å²) in [5, 5.41) is 35.1. The number of ether oxygens (including phenoxy) is 1. The third-order valence-corrected chi connectivity index (χ3v) is 5.67. The minimum atomic E-state index is -0.815. The van der Waals surface area contributed by atoms with Crippen LogP contribution < -0.4 is 10.1 Å². The Kier molecular flexibility index (Phi) is 8.18. The number of amides is 1. The molecular formula is C22H11Br2ClN4O6. The number of nitro groups is 2. The Morgan fingerprint density at radius 3 is 2.34 bits per heavy atom. The van der Waals surface area contributed by atoms with E-state index in [1.54, 1.807) is 30.3 Å². The van der Waals surface area contributed by atoms with Crippen molar-refractivity contribution in [3.8, 4) is 17.6 Å². The zero-order chi connectivity index (χ0) is 25.7. The number of rotatable bonds is 7. The number of carbonyl (C=O) groups is 1. The molecule has 10 nitrogen and oxygen atoms in total. The van der Waals surface area contributed by atoms with Crippen LogP contribution in [0.25, 0.3) is 6.08 Å². The molecule has 35 heavy (non-hydrogen) atoms. The Labute approximate surface area is 219 Å². The quantitative estimate of drug-likeness (QED) is 0.129. The number of nitriles is 1. The Morgan fingerprint density at radius 1 is 1.06 bits per heavy atom. The van der Waals surface area contributed by atoms with Crippen molar-refractivity contribution in [1.82, 2.24) is 0 Å². The van der Waals surface area contributed by atoms with Gasteiger partial charge in [-0.2, -0.15) is 5.26 Å². The van der Waals surface area contributed by atoms with Gasteiger partial charge in [-0.1, -0.05) is 27.5 Å². The zero-order valence-electron chi connectivity index (χ0n) is 17.2. The molecule has 0 bridgehead atoms. The molecule has 13 heteroatoms. The van der Waals surface area contributed by atoms with Crippen LogP contribution in [0.15, 0.2) is 69.1 Å². The van der Waals surface area contributed by atoms with E-state index in [9.17, 15) is 30.3 Å². The van der Waals surface area contributed by atoms with Gasteiger partial charge < -0.3 is 10.1 Å². The molecule has 0 fully saturated rings. The smallest absolute Gasteiger partial charge is 0.318 e. The van der Waals surface area contributed by atoms with Gasteiger partial charge in [-0.05, 0) is 64.5 Å². The highest BCUT2D eigenvalue weighted by atomic mass is 79.9. The van der Waals surface area contributed by atoms with Gasteiger partial charge in [0.1, 0.15) is 17.4 Å². The fourth-order valence-electron chi connectivity index (χ4n) is 2.79. The SMILES string of the molecule is N#C/C(=C\c1cc(Br)cc(Br)c1Oc1ccc([N+](=O)[O-])cc1[N+](=O)[O-])C(=O)Nc1ccc(Cl)cc1. The standard InChI is InChI=1S/C22H11Br2ClN4O6/c23-14-8-12(7-13(11-26)22(30)27-16-3-1-15(25)2-4-16)21(18(24)9-14)35-20-6-5-17(28(31)32)10-19(20)29(33)34/h1-10H,(H,27,30)/b13-7+. The van der Waals surface area contributed by atoms with Crippen LogP contribution in [0.4, 0.5) is 17.1 Å². The number of carbonyl (C=O) groups excluding carboxylic acids is 1. The molecule has 176 valence electrons. The fourth-order valence-corrected chi connectivity index (χ4v) is 4.25. The molecular weight excluding hydrogens is 612 g/mol. The second kappa shape index (κ2) is 11.1. The first-order valence-electron chi connectivity index (χ1n) is 9.37. The third-order valence-electron chi connectivity index (χ3n) is 4.37. The predicted octanol–water partition coefficient (Wildman–Crippen LogP) is 7.02. The minimum absolute atomic E-state index is 0.0391. The molecule has 0 aromatic heterocycles. The van der Waals surface area contributed by atoms with Crippen molar-refractivity contribution in [2.75, 3.05) is 5.32 Å². The number of nitrogens with zero attached hydrogens (tertiary/aromatic N) is 3. The lowest BCUT2D eigenvalue weighted by atomic mass is 10.1. The largest absolute Gasteiger partial charge is 0.448 e. The van der Waals surface area contributed by atoms with E-state index in [0.717, 1.165) is 18.2 Å². The molecule has 3 aromatic carbocycles. The minimum Gasteiger partial charge on any atom is -0.448 e. The van der Waals surface area contributed by atoms with Gasteiger partial charge in [0.05, 0.1) is 20.4 Å². The maximum Gasteiger partial charge on any atom is 0.318 e. The van der Waals surface area contributed by atoms with Crippen molar-refractivity contribution >= 4 is 72.5 Å². The number of nitrogens with one attached hydrogen (secondary N) is 1. The summed E-state index contributed by atoms with van der Waals surface area (Å²) in [5.74, 6) is -0.947. The number of non-ortho nitro benzene ring substituents is 1. The summed E-state index contributed by atoms with van der Waals surface area (Å²) >= 11 is 12.5. The lowest BCUT2D eigenvalue weighted by Gasteiger charge is -2.13. The molecule has 3 aromatic rings. The molecule has 1 amide bonds. The number of nitro benzene ring substituents is 2. The topological polar surface area (TPSA) is 148 Å². The zero-order valence-corrected chi connectivity index (χ0v) is 21.1. The molecule has 0 radical (unpaired) electrons. The number of halogens is 3. The van der Waals surface area contributed by atoms with Gasteiger partial charge in [0.2, 0.25) is 5.75 Å². The highest BCUT2D eigenvalue weighted by Crippen LogP contribution is 2.41. The first-order chi connectivity index (χ1) is 16.6. The van der Waals surface area contributed by atoms with Gasteiger partial charge in [0.15, 0.2) is 0 Å². The van der Waals surface area contributed by atoms with E-state index in [4.69, 9.17) is 16.3 Å². The lowest BCUT2D eigenvalue weighted by molar-refractivity contribution is -0.394. The summed E-state index contributed by atoms with van der Waals surface area (Å²) < 4.78 is 6.63. The summed E-state index contributed by atoms with van der Waals surface area (Å²) in [6, 6.07) is 14.1. The Bertz CT molecular complexity index is 1420. The Balaban J connectivity index is 2.03. The van der Waals surface area contributed by atoms with E-state index >= 15 is 0 Å². The maximum absolute atomic E-state index is 12.7. The van der Waals surface area contributed by atoms with Gasteiger partial charge in [-0.15, -0.1) is 0 Å². The summed E-state index contributed by atoms with van der Waals surface area (Å²) in [4.78, 5) is 33.6. The van der Waals surface area contributed by atoms with Crippen molar-refractivity contribution in [3.05, 3.63) is 99.9 Å². The molecule has 0 heterocycles.